The third-order valence-electron chi connectivity index (χ3n) is 5.40. The van der Waals surface area contributed by atoms with Crippen LogP contribution in [0, 0.1) is 17.8 Å². The molecule has 0 bridgehead atoms. The molecule has 5 heteroatoms. The van der Waals surface area contributed by atoms with Crippen LogP contribution in [0.3, 0.4) is 0 Å². The van der Waals surface area contributed by atoms with Crippen molar-refractivity contribution in [2.75, 3.05) is 0 Å². The summed E-state index contributed by atoms with van der Waals surface area (Å²) in [5, 5.41) is 10.8. The normalized spacial score (nSPS) is 43.8. The SMILES string of the molecule is C=C1C(=O)O[C@H]2C=C(C)[C@H]3CC[C@@](C)(O)[C@@H]3[C@@H](OC(C)=O)[C@H]12. The average Bonchev–Trinajstić information content (AvgIpc) is 2.80. The van der Waals surface area contributed by atoms with E-state index in [0.717, 1.165) is 12.0 Å². The molecule has 0 spiro atoms. The van der Waals surface area contributed by atoms with Gasteiger partial charge in [-0.1, -0.05) is 12.2 Å². The number of aliphatic hydroxyl groups is 1. The van der Waals surface area contributed by atoms with Gasteiger partial charge in [-0.15, -0.1) is 0 Å². The Morgan fingerprint density at radius 2 is 2.23 bits per heavy atom. The number of carbonyl (C=O) groups excluding carboxylic acids is 2. The second-order valence-corrected chi connectivity index (χ2v) is 6.93. The van der Waals surface area contributed by atoms with Crippen LogP contribution in [0.25, 0.3) is 0 Å². The standard InChI is InChI=1S/C17H22O5/c1-8-7-12-13(9(2)16(19)22-12)15(21-10(3)18)14-11(8)5-6-17(14,4)20/h7,11-15,20H,2,5-6H2,1,3-4H3/t11-,12+,13-,14+,15+,17-/m1/s1. The molecule has 120 valence electrons. The maximum absolute atomic E-state index is 11.9. The van der Waals surface area contributed by atoms with Crippen molar-refractivity contribution in [1.82, 2.24) is 0 Å². The summed E-state index contributed by atoms with van der Waals surface area (Å²) < 4.78 is 11.0. The van der Waals surface area contributed by atoms with Crippen LogP contribution in [0.15, 0.2) is 23.8 Å². The minimum Gasteiger partial charge on any atom is -0.461 e. The Labute approximate surface area is 130 Å². The van der Waals surface area contributed by atoms with E-state index in [9.17, 15) is 14.7 Å². The third-order valence-corrected chi connectivity index (χ3v) is 5.40. The summed E-state index contributed by atoms with van der Waals surface area (Å²) in [6, 6.07) is 0. The summed E-state index contributed by atoms with van der Waals surface area (Å²) in [7, 11) is 0. The predicted molar refractivity (Wildman–Crippen MR) is 78.7 cm³/mol. The molecule has 3 rings (SSSR count). The number of ether oxygens (including phenoxy) is 2. The maximum Gasteiger partial charge on any atom is 0.334 e. The molecule has 1 N–H and O–H groups in total. The molecule has 2 aliphatic carbocycles. The molecule has 3 aliphatic rings. The van der Waals surface area contributed by atoms with Crippen LogP contribution in [-0.4, -0.2) is 34.9 Å². The van der Waals surface area contributed by atoms with Crippen LogP contribution in [0.4, 0.5) is 0 Å². The lowest BCUT2D eigenvalue weighted by molar-refractivity contribution is -0.160. The Hall–Kier alpha value is -1.62. The first-order chi connectivity index (χ1) is 10.2. The third kappa shape index (κ3) is 2.19. The molecule has 2 fully saturated rings. The van der Waals surface area contributed by atoms with Gasteiger partial charge in [-0.25, -0.2) is 4.79 Å². The number of carbonyl (C=O) groups is 2. The van der Waals surface area contributed by atoms with E-state index in [1.54, 1.807) is 6.92 Å². The van der Waals surface area contributed by atoms with Crippen LogP contribution in [0.1, 0.15) is 33.6 Å². The van der Waals surface area contributed by atoms with Crippen molar-refractivity contribution in [3.63, 3.8) is 0 Å². The summed E-state index contributed by atoms with van der Waals surface area (Å²) in [6.45, 7) is 8.94. The van der Waals surface area contributed by atoms with Crippen molar-refractivity contribution < 1.29 is 24.2 Å². The molecule has 0 radical (unpaired) electrons. The molecule has 0 amide bonds. The number of hydrogen-bond donors (Lipinski definition) is 1. The summed E-state index contributed by atoms with van der Waals surface area (Å²) in [6.07, 6.45) is 2.34. The largest absolute Gasteiger partial charge is 0.461 e. The molecule has 0 unspecified atom stereocenters. The lowest BCUT2D eigenvalue weighted by Gasteiger charge is -2.37. The highest BCUT2D eigenvalue weighted by atomic mass is 16.6. The van der Waals surface area contributed by atoms with Crippen LogP contribution in [0.2, 0.25) is 0 Å². The number of esters is 2. The Morgan fingerprint density at radius 1 is 1.55 bits per heavy atom. The van der Waals surface area contributed by atoms with Gasteiger partial charge >= 0.3 is 11.9 Å². The Morgan fingerprint density at radius 3 is 2.86 bits per heavy atom. The molecule has 0 aromatic carbocycles. The van der Waals surface area contributed by atoms with Gasteiger partial charge in [-0.05, 0) is 38.7 Å². The molecule has 0 aromatic rings. The fraction of sp³-hybridized carbons (Fsp3) is 0.647. The zero-order valence-corrected chi connectivity index (χ0v) is 13.2. The molecule has 1 saturated heterocycles. The second-order valence-electron chi connectivity index (χ2n) is 6.93. The van der Waals surface area contributed by atoms with Crippen molar-refractivity contribution in [3.8, 4) is 0 Å². The summed E-state index contributed by atoms with van der Waals surface area (Å²) in [4.78, 5) is 23.5. The van der Waals surface area contributed by atoms with Crippen LogP contribution >= 0.6 is 0 Å². The van der Waals surface area contributed by atoms with E-state index in [0.29, 0.717) is 12.0 Å². The van der Waals surface area contributed by atoms with Gasteiger partial charge in [0.2, 0.25) is 0 Å². The van der Waals surface area contributed by atoms with Crippen molar-refractivity contribution in [2.24, 2.45) is 17.8 Å². The maximum atomic E-state index is 11.9. The van der Waals surface area contributed by atoms with Crippen LogP contribution in [-0.2, 0) is 19.1 Å². The zero-order chi connectivity index (χ0) is 16.2. The predicted octanol–water partition coefficient (Wildman–Crippen LogP) is 1.75. The van der Waals surface area contributed by atoms with Gasteiger partial charge in [0.25, 0.3) is 0 Å². The summed E-state index contributed by atoms with van der Waals surface area (Å²) in [5.41, 5.74) is 0.458. The topological polar surface area (TPSA) is 72.8 Å². The number of fused-ring (bicyclic) bond motifs is 2. The van der Waals surface area contributed by atoms with Gasteiger partial charge < -0.3 is 14.6 Å². The monoisotopic (exact) mass is 306 g/mol. The number of hydrogen-bond acceptors (Lipinski definition) is 5. The van der Waals surface area contributed by atoms with Crippen molar-refractivity contribution in [1.29, 1.82) is 0 Å². The lowest BCUT2D eigenvalue weighted by atomic mass is 9.75. The molecular formula is C17H22O5. The van der Waals surface area contributed by atoms with E-state index < -0.39 is 35.7 Å². The van der Waals surface area contributed by atoms with Gasteiger partial charge in [-0.2, -0.15) is 0 Å². The minimum atomic E-state index is -0.944. The smallest absolute Gasteiger partial charge is 0.334 e. The zero-order valence-electron chi connectivity index (χ0n) is 13.2. The van der Waals surface area contributed by atoms with E-state index in [4.69, 9.17) is 9.47 Å². The number of allylic oxidation sites excluding steroid dienone is 1. The van der Waals surface area contributed by atoms with E-state index in [-0.39, 0.29) is 11.8 Å². The first-order valence-corrected chi connectivity index (χ1v) is 7.70. The Bertz CT molecular complexity index is 574. The van der Waals surface area contributed by atoms with E-state index in [1.165, 1.54) is 6.92 Å². The van der Waals surface area contributed by atoms with Crippen molar-refractivity contribution >= 4 is 11.9 Å². The highest BCUT2D eigenvalue weighted by Crippen LogP contribution is 2.52. The second kappa shape index (κ2) is 4.95. The molecule has 22 heavy (non-hydrogen) atoms. The molecule has 6 atom stereocenters. The highest BCUT2D eigenvalue weighted by molar-refractivity contribution is 5.91. The lowest BCUT2D eigenvalue weighted by Crippen LogP contribution is -2.47. The van der Waals surface area contributed by atoms with E-state index in [2.05, 4.69) is 6.58 Å². The number of rotatable bonds is 1. The molecule has 1 saturated carbocycles. The van der Waals surface area contributed by atoms with Gasteiger partial charge in [-0.3, -0.25) is 4.79 Å². The Kier molecular flexibility index (Phi) is 3.44. The van der Waals surface area contributed by atoms with Gasteiger partial charge in [0.15, 0.2) is 0 Å². The fourth-order valence-corrected chi connectivity index (χ4v) is 4.40. The molecule has 1 heterocycles. The molecule has 5 nitrogen and oxygen atoms in total. The van der Waals surface area contributed by atoms with Crippen molar-refractivity contribution in [2.45, 2.75) is 51.4 Å². The Balaban J connectivity index is 2.10. The fourth-order valence-electron chi connectivity index (χ4n) is 4.40. The van der Waals surface area contributed by atoms with Gasteiger partial charge in [0.05, 0.1) is 11.5 Å². The quantitative estimate of drug-likeness (QED) is 0.454. The van der Waals surface area contributed by atoms with Crippen LogP contribution < -0.4 is 0 Å². The van der Waals surface area contributed by atoms with Crippen molar-refractivity contribution in [3.05, 3.63) is 23.8 Å². The summed E-state index contributed by atoms with van der Waals surface area (Å²) in [5.74, 6) is -1.43. The van der Waals surface area contributed by atoms with Crippen LogP contribution in [0.5, 0.6) is 0 Å². The average molecular weight is 306 g/mol. The summed E-state index contributed by atoms with van der Waals surface area (Å²) >= 11 is 0. The first kappa shape index (κ1) is 15.3. The highest BCUT2D eigenvalue weighted by Gasteiger charge is 2.57. The first-order valence-electron chi connectivity index (χ1n) is 7.70. The van der Waals surface area contributed by atoms with Gasteiger partial charge in [0.1, 0.15) is 12.2 Å². The molecular weight excluding hydrogens is 284 g/mol. The van der Waals surface area contributed by atoms with Gasteiger partial charge in [0, 0.05) is 18.4 Å². The van der Waals surface area contributed by atoms with E-state index >= 15 is 0 Å². The minimum absolute atomic E-state index is 0.122. The molecule has 0 aromatic heterocycles. The van der Waals surface area contributed by atoms with E-state index in [1.807, 2.05) is 13.0 Å². The molecule has 1 aliphatic heterocycles.